The fourth-order valence-electron chi connectivity index (χ4n) is 1.64. The van der Waals surface area contributed by atoms with Crippen molar-refractivity contribution >= 4 is 29.2 Å². The Kier molecular flexibility index (Phi) is 4.73. The molecule has 0 unspecified atom stereocenters. The van der Waals surface area contributed by atoms with Gasteiger partial charge in [-0.3, -0.25) is 15.5 Å². The second kappa shape index (κ2) is 6.71. The van der Waals surface area contributed by atoms with Crippen LogP contribution < -0.4 is 10.2 Å². The number of nitro groups is 1. The van der Waals surface area contributed by atoms with Gasteiger partial charge in [-0.15, -0.1) is 0 Å². The van der Waals surface area contributed by atoms with Crippen LogP contribution in [0.15, 0.2) is 47.6 Å². The average Bonchev–Trinajstić information content (AvgIpc) is 2.49. The Labute approximate surface area is 126 Å². The monoisotopic (exact) mass is 305 g/mol. The van der Waals surface area contributed by atoms with E-state index in [2.05, 4.69) is 10.5 Å². The maximum atomic E-state index is 10.9. The third kappa shape index (κ3) is 3.93. The smallest absolute Gasteiger partial charge is 0.311 e. The predicted octanol–water partition coefficient (Wildman–Crippen LogP) is 3.70. The van der Waals surface area contributed by atoms with Gasteiger partial charge in [0.25, 0.3) is 0 Å². The molecule has 0 aliphatic carbocycles. The molecular weight excluding hydrogens is 294 g/mol. The molecule has 0 bridgehead atoms. The van der Waals surface area contributed by atoms with Crippen LogP contribution in [0.1, 0.15) is 5.56 Å². The van der Waals surface area contributed by atoms with Crippen molar-refractivity contribution in [1.29, 1.82) is 0 Å². The van der Waals surface area contributed by atoms with Crippen LogP contribution >= 0.6 is 11.6 Å². The molecule has 0 amide bonds. The van der Waals surface area contributed by atoms with Gasteiger partial charge < -0.3 is 4.74 Å². The number of benzene rings is 2. The summed E-state index contributed by atoms with van der Waals surface area (Å²) in [7, 11) is 1.39. The number of nitrogens with zero attached hydrogens (tertiary/aromatic N) is 2. The summed E-state index contributed by atoms with van der Waals surface area (Å²) in [5.74, 6) is 0.211. The van der Waals surface area contributed by atoms with E-state index in [9.17, 15) is 10.1 Å². The lowest BCUT2D eigenvalue weighted by atomic mass is 10.2. The molecule has 0 atom stereocenters. The number of hydrogen-bond donors (Lipinski definition) is 1. The van der Waals surface area contributed by atoms with Crippen molar-refractivity contribution in [3.8, 4) is 5.75 Å². The van der Waals surface area contributed by atoms with Gasteiger partial charge in [-0.1, -0.05) is 11.6 Å². The van der Waals surface area contributed by atoms with E-state index in [-0.39, 0.29) is 11.4 Å². The molecule has 0 heterocycles. The summed E-state index contributed by atoms with van der Waals surface area (Å²) in [5.41, 5.74) is 4.05. The van der Waals surface area contributed by atoms with Crippen molar-refractivity contribution < 1.29 is 9.66 Å². The first kappa shape index (κ1) is 14.8. The minimum absolute atomic E-state index is 0.104. The maximum absolute atomic E-state index is 10.9. The van der Waals surface area contributed by atoms with Gasteiger partial charge in [0.05, 0.1) is 23.9 Å². The van der Waals surface area contributed by atoms with E-state index in [4.69, 9.17) is 16.3 Å². The zero-order valence-electron chi connectivity index (χ0n) is 11.1. The highest BCUT2D eigenvalue weighted by atomic mass is 35.5. The lowest BCUT2D eigenvalue weighted by Crippen LogP contribution is -1.96. The molecule has 0 spiro atoms. The number of methoxy groups -OCH3 is 1. The first-order valence-corrected chi connectivity index (χ1v) is 6.35. The Morgan fingerprint density at radius 3 is 2.62 bits per heavy atom. The van der Waals surface area contributed by atoms with Crippen LogP contribution in [-0.4, -0.2) is 18.2 Å². The highest BCUT2D eigenvalue weighted by molar-refractivity contribution is 6.30. The molecule has 0 saturated heterocycles. The predicted molar refractivity (Wildman–Crippen MR) is 82.3 cm³/mol. The fourth-order valence-corrected chi connectivity index (χ4v) is 1.76. The number of nitro benzene ring substituents is 1. The van der Waals surface area contributed by atoms with Gasteiger partial charge in [-0.2, -0.15) is 5.10 Å². The number of hydrogen-bond acceptors (Lipinski definition) is 5. The van der Waals surface area contributed by atoms with Crippen LogP contribution in [0.25, 0.3) is 0 Å². The normalized spacial score (nSPS) is 10.6. The quantitative estimate of drug-likeness (QED) is 0.519. The maximum Gasteiger partial charge on any atom is 0.311 e. The van der Waals surface area contributed by atoms with Gasteiger partial charge in [0.15, 0.2) is 5.75 Å². The van der Waals surface area contributed by atoms with Gasteiger partial charge in [0.1, 0.15) is 0 Å². The minimum atomic E-state index is -0.497. The third-order valence-electron chi connectivity index (χ3n) is 2.65. The van der Waals surface area contributed by atoms with Crippen LogP contribution in [-0.2, 0) is 0 Å². The van der Waals surface area contributed by atoms with E-state index in [1.165, 1.54) is 25.5 Å². The van der Waals surface area contributed by atoms with Gasteiger partial charge in [0, 0.05) is 16.7 Å². The highest BCUT2D eigenvalue weighted by Gasteiger charge is 2.14. The Morgan fingerprint density at radius 1 is 1.29 bits per heavy atom. The molecular formula is C14H12ClN3O3. The zero-order valence-corrected chi connectivity index (χ0v) is 11.9. The SMILES string of the molecule is COc1ccc(/C=N\Nc2ccc(Cl)cc2)cc1[N+](=O)[O-]. The molecule has 0 radical (unpaired) electrons. The number of ether oxygens (including phenoxy) is 1. The highest BCUT2D eigenvalue weighted by Crippen LogP contribution is 2.26. The Balaban J connectivity index is 2.12. The Hall–Kier alpha value is -2.60. The minimum Gasteiger partial charge on any atom is -0.490 e. The lowest BCUT2D eigenvalue weighted by molar-refractivity contribution is -0.385. The van der Waals surface area contributed by atoms with Crippen molar-refractivity contribution in [2.75, 3.05) is 12.5 Å². The zero-order chi connectivity index (χ0) is 15.2. The van der Waals surface area contributed by atoms with Gasteiger partial charge in [-0.25, -0.2) is 0 Å². The summed E-state index contributed by atoms with van der Waals surface area (Å²) >= 11 is 5.78. The van der Waals surface area contributed by atoms with Gasteiger partial charge in [-0.05, 0) is 36.4 Å². The standard InChI is InChI=1S/C14H12ClN3O3/c1-21-14-7-2-10(8-13(14)18(19)20)9-16-17-12-5-3-11(15)4-6-12/h2-9,17H,1H3/b16-9-. The van der Waals surface area contributed by atoms with E-state index in [0.717, 1.165) is 5.69 Å². The molecule has 0 aromatic heterocycles. The van der Waals surface area contributed by atoms with Crippen LogP contribution in [0.3, 0.4) is 0 Å². The first-order valence-electron chi connectivity index (χ1n) is 5.97. The van der Waals surface area contributed by atoms with Crippen molar-refractivity contribution in [2.45, 2.75) is 0 Å². The van der Waals surface area contributed by atoms with Crippen molar-refractivity contribution in [3.05, 3.63) is 63.2 Å². The van der Waals surface area contributed by atoms with Crippen molar-refractivity contribution in [2.24, 2.45) is 5.10 Å². The van der Waals surface area contributed by atoms with E-state index in [1.54, 1.807) is 30.3 Å². The van der Waals surface area contributed by atoms with Gasteiger partial charge >= 0.3 is 5.69 Å². The topological polar surface area (TPSA) is 76.8 Å². The largest absolute Gasteiger partial charge is 0.490 e. The molecule has 7 heteroatoms. The molecule has 1 N–H and O–H groups in total. The average molecular weight is 306 g/mol. The second-order valence-electron chi connectivity index (χ2n) is 4.07. The Morgan fingerprint density at radius 2 is 2.00 bits per heavy atom. The number of anilines is 1. The Bertz CT molecular complexity index is 672. The summed E-state index contributed by atoms with van der Waals surface area (Å²) in [6.07, 6.45) is 1.49. The summed E-state index contributed by atoms with van der Waals surface area (Å²) in [6, 6.07) is 11.6. The van der Waals surface area contributed by atoms with Crippen LogP contribution in [0.2, 0.25) is 5.02 Å². The molecule has 2 aromatic rings. The number of hydrazone groups is 1. The second-order valence-corrected chi connectivity index (χ2v) is 4.50. The summed E-state index contributed by atoms with van der Waals surface area (Å²) in [6.45, 7) is 0. The van der Waals surface area contributed by atoms with Gasteiger partial charge in [0.2, 0.25) is 0 Å². The molecule has 0 aliphatic rings. The van der Waals surface area contributed by atoms with Crippen LogP contribution in [0.5, 0.6) is 5.75 Å². The van der Waals surface area contributed by atoms with E-state index in [0.29, 0.717) is 10.6 Å². The lowest BCUT2D eigenvalue weighted by Gasteiger charge is -2.02. The molecule has 2 aromatic carbocycles. The molecule has 2 rings (SSSR count). The van der Waals surface area contributed by atoms with E-state index in [1.807, 2.05) is 0 Å². The number of halogens is 1. The molecule has 21 heavy (non-hydrogen) atoms. The number of rotatable bonds is 5. The summed E-state index contributed by atoms with van der Waals surface area (Å²) < 4.78 is 4.93. The first-order chi connectivity index (χ1) is 10.1. The summed E-state index contributed by atoms with van der Waals surface area (Å²) in [5, 5.41) is 15.6. The molecule has 0 fully saturated rings. The van der Waals surface area contributed by atoms with Crippen LogP contribution in [0.4, 0.5) is 11.4 Å². The number of nitrogens with one attached hydrogen (secondary N) is 1. The molecule has 6 nitrogen and oxygen atoms in total. The molecule has 0 saturated carbocycles. The van der Waals surface area contributed by atoms with Crippen LogP contribution in [0, 0.1) is 10.1 Å². The van der Waals surface area contributed by atoms with E-state index >= 15 is 0 Å². The van der Waals surface area contributed by atoms with Crippen molar-refractivity contribution in [3.63, 3.8) is 0 Å². The van der Waals surface area contributed by atoms with E-state index < -0.39 is 4.92 Å². The fraction of sp³-hybridized carbons (Fsp3) is 0.0714. The summed E-state index contributed by atoms with van der Waals surface area (Å²) in [4.78, 5) is 10.4. The third-order valence-corrected chi connectivity index (χ3v) is 2.90. The molecule has 108 valence electrons. The van der Waals surface area contributed by atoms with Crippen molar-refractivity contribution in [1.82, 2.24) is 0 Å². The molecule has 0 aliphatic heterocycles.